The number of aromatic nitrogens is 1. The Labute approximate surface area is 164 Å². The number of H-pyrrole nitrogens is 1. The number of hydrogen-bond donors (Lipinski definition) is 1. The molecule has 1 N–H and O–H groups in total. The third kappa shape index (κ3) is 4.74. The lowest BCUT2D eigenvalue weighted by Crippen LogP contribution is -2.25. The molecule has 0 aliphatic rings. The first-order chi connectivity index (χ1) is 13.3. The van der Waals surface area contributed by atoms with Gasteiger partial charge in [-0.15, -0.1) is 0 Å². The van der Waals surface area contributed by atoms with E-state index in [1.54, 1.807) is 32.9 Å². The van der Waals surface area contributed by atoms with Crippen LogP contribution in [-0.4, -0.2) is 22.8 Å². The second kappa shape index (κ2) is 9.14. The van der Waals surface area contributed by atoms with Gasteiger partial charge in [0.05, 0.1) is 0 Å². The van der Waals surface area contributed by atoms with Gasteiger partial charge in [0.2, 0.25) is 5.78 Å². The van der Waals surface area contributed by atoms with Crippen LogP contribution in [0.2, 0.25) is 0 Å². The first kappa shape index (κ1) is 21.1. The SMILES string of the molecule is CCc1ccc(C(=O)C(C)OC(=O)CCc2c(C)[nH]c(=O)c(C#N)c2C)cc1. The van der Waals surface area contributed by atoms with Gasteiger partial charge in [-0.1, -0.05) is 31.2 Å². The highest BCUT2D eigenvalue weighted by Crippen LogP contribution is 2.16. The Bertz CT molecular complexity index is 981. The molecule has 1 heterocycles. The van der Waals surface area contributed by atoms with Gasteiger partial charge in [-0.2, -0.15) is 5.26 Å². The zero-order chi connectivity index (χ0) is 20.8. The maximum absolute atomic E-state index is 12.4. The number of rotatable bonds is 7. The minimum Gasteiger partial charge on any atom is -0.454 e. The highest BCUT2D eigenvalue weighted by molar-refractivity contribution is 6.00. The summed E-state index contributed by atoms with van der Waals surface area (Å²) in [6.07, 6.45) is 0.363. The van der Waals surface area contributed by atoms with Crippen molar-refractivity contribution in [2.45, 2.75) is 53.1 Å². The first-order valence-corrected chi connectivity index (χ1v) is 9.23. The van der Waals surface area contributed by atoms with Gasteiger partial charge in [0.25, 0.3) is 5.56 Å². The van der Waals surface area contributed by atoms with Crippen LogP contribution in [0.1, 0.15) is 58.6 Å². The van der Waals surface area contributed by atoms with Gasteiger partial charge in [0.15, 0.2) is 6.10 Å². The van der Waals surface area contributed by atoms with Crippen LogP contribution >= 0.6 is 0 Å². The summed E-state index contributed by atoms with van der Waals surface area (Å²) < 4.78 is 5.28. The Balaban J connectivity index is 2.01. The van der Waals surface area contributed by atoms with Gasteiger partial charge >= 0.3 is 5.97 Å². The Morgan fingerprint density at radius 3 is 2.43 bits per heavy atom. The molecule has 0 fully saturated rings. The van der Waals surface area contributed by atoms with E-state index < -0.39 is 17.6 Å². The summed E-state index contributed by atoms with van der Waals surface area (Å²) in [7, 11) is 0. The molecule has 1 unspecified atom stereocenters. The number of nitrogens with one attached hydrogen (secondary N) is 1. The van der Waals surface area contributed by atoms with Crippen molar-refractivity contribution >= 4 is 11.8 Å². The van der Waals surface area contributed by atoms with Crippen molar-refractivity contribution < 1.29 is 14.3 Å². The molecule has 0 spiro atoms. The van der Waals surface area contributed by atoms with Crippen LogP contribution in [0.4, 0.5) is 0 Å². The number of benzene rings is 1. The number of carbonyl (C=O) groups is 2. The third-order valence-electron chi connectivity index (χ3n) is 4.82. The number of nitriles is 1. The molecule has 2 aromatic rings. The normalized spacial score (nSPS) is 11.5. The van der Waals surface area contributed by atoms with Crippen molar-refractivity contribution in [2.24, 2.45) is 0 Å². The van der Waals surface area contributed by atoms with Crippen LogP contribution in [-0.2, 0) is 22.4 Å². The number of Topliss-reactive ketones (excluding diaryl/α,β-unsaturated/α-hetero) is 1. The predicted molar refractivity (Wildman–Crippen MR) is 105 cm³/mol. The fourth-order valence-corrected chi connectivity index (χ4v) is 3.10. The van der Waals surface area contributed by atoms with Crippen LogP contribution in [0, 0.1) is 25.2 Å². The number of pyridine rings is 1. The van der Waals surface area contributed by atoms with Gasteiger partial charge in [-0.05, 0) is 50.3 Å². The number of esters is 1. The molecule has 0 aliphatic heterocycles. The molecule has 28 heavy (non-hydrogen) atoms. The van der Waals surface area contributed by atoms with Crippen molar-refractivity contribution in [1.29, 1.82) is 5.26 Å². The summed E-state index contributed by atoms with van der Waals surface area (Å²) in [5, 5.41) is 9.11. The smallest absolute Gasteiger partial charge is 0.306 e. The monoisotopic (exact) mass is 380 g/mol. The molecule has 0 aliphatic carbocycles. The highest BCUT2D eigenvalue weighted by atomic mass is 16.5. The summed E-state index contributed by atoms with van der Waals surface area (Å²) in [5.41, 5.74) is 3.17. The van der Waals surface area contributed by atoms with Crippen molar-refractivity contribution in [1.82, 2.24) is 4.98 Å². The quantitative estimate of drug-likeness (QED) is 0.587. The lowest BCUT2D eigenvalue weighted by Gasteiger charge is -2.14. The van der Waals surface area contributed by atoms with Gasteiger partial charge in [-0.25, -0.2) is 0 Å². The molecule has 0 saturated heterocycles. The number of aryl methyl sites for hydroxylation is 2. The number of nitrogens with zero attached hydrogens (tertiary/aromatic N) is 1. The highest BCUT2D eigenvalue weighted by Gasteiger charge is 2.20. The van der Waals surface area contributed by atoms with Crippen LogP contribution in [0.3, 0.4) is 0 Å². The lowest BCUT2D eigenvalue weighted by molar-refractivity contribution is -0.146. The number of ketones is 1. The molecule has 146 valence electrons. The van der Waals surface area contributed by atoms with E-state index in [4.69, 9.17) is 10.00 Å². The van der Waals surface area contributed by atoms with Crippen LogP contribution < -0.4 is 5.56 Å². The Morgan fingerprint density at radius 1 is 1.21 bits per heavy atom. The topological polar surface area (TPSA) is 100 Å². The second-order valence-electron chi connectivity index (χ2n) is 6.72. The number of hydrogen-bond acceptors (Lipinski definition) is 5. The molecule has 1 atom stereocenters. The second-order valence-corrected chi connectivity index (χ2v) is 6.72. The molecular weight excluding hydrogens is 356 g/mol. The zero-order valence-corrected chi connectivity index (χ0v) is 16.6. The van der Waals surface area contributed by atoms with E-state index in [9.17, 15) is 14.4 Å². The van der Waals surface area contributed by atoms with Gasteiger partial charge in [0, 0.05) is 17.7 Å². The average molecular weight is 380 g/mol. The maximum atomic E-state index is 12.4. The summed E-state index contributed by atoms with van der Waals surface area (Å²) >= 11 is 0. The van der Waals surface area contributed by atoms with Crippen molar-refractivity contribution in [2.75, 3.05) is 0 Å². The van der Waals surface area contributed by atoms with E-state index in [1.807, 2.05) is 25.1 Å². The molecule has 0 radical (unpaired) electrons. The Hall–Kier alpha value is -3.20. The number of aromatic amines is 1. The maximum Gasteiger partial charge on any atom is 0.306 e. The standard InChI is InChI=1S/C22H24N2O4/c1-5-16-6-8-17(9-7-16)21(26)15(4)28-20(25)11-10-18-13(2)19(12-23)22(27)24-14(18)3/h6-9,15H,5,10-11H2,1-4H3,(H,24,27). The summed E-state index contributed by atoms with van der Waals surface area (Å²) in [6.45, 7) is 7.00. The van der Waals surface area contributed by atoms with E-state index in [0.29, 0.717) is 23.2 Å². The fourth-order valence-electron chi connectivity index (χ4n) is 3.10. The lowest BCUT2D eigenvalue weighted by atomic mass is 9.99. The molecule has 0 bridgehead atoms. The largest absolute Gasteiger partial charge is 0.454 e. The van der Waals surface area contributed by atoms with Crippen molar-refractivity contribution in [3.8, 4) is 6.07 Å². The molecule has 1 aromatic heterocycles. The van der Waals surface area contributed by atoms with E-state index in [1.165, 1.54) is 0 Å². The average Bonchev–Trinajstić information content (AvgIpc) is 2.67. The molecule has 0 saturated carbocycles. The van der Waals surface area contributed by atoms with Crippen molar-refractivity contribution in [3.63, 3.8) is 0 Å². The minimum atomic E-state index is -0.882. The van der Waals surface area contributed by atoms with Crippen LogP contribution in [0.15, 0.2) is 29.1 Å². The summed E-state index contributed by atoms with van der Waals surface area (Å²) in [5.74, 6) is -0.756. The Morgan fingerprint density at radius 2 is 1.86 bits per heavy atom. The first-order valence-electron chi connectivity index (χ1n) is 9.23. The van der Waals surface area contributed by atoms with E-state index in [-0.39, 0.29) is 17.8 Å². The molecular formula is C22H24N2O4. The van der Waals surface area contributed by atoms with E-state index in [2.05, 4.69) is 4.98 Å². The van der Waals surface area contributed by atoms with Crippen LogP contribution in [0.25, 0.3) is 0 Å². The van der Waals surface area contributed by atoms with E-state index >= 15 is 0 Å². The zero-order valence-electron chi connectivity index (χ0n) is 16.6. The van der Waals surface area contributed by atoms with E-state index in [0.717, 1.165) is 17.5 Å². The van der Waals surface area contributed by atoms with Gasteiger partial charge in [-0.3, -0.25) is 14.4 Å². The molecule has 1 aromatic carbocycles. The fraction of sp³-hybridized carbons (Fsp3) is 0.364. The molecule has 6 heteroatoms. The predicted octanol–water partition coefficient (Wildman–Crippen LogP) is 3.17. The van der Waals surface area contributed by atoms with Crippen LogP contribution in [0.5, 0.6) is 0 Å². The van der Waals surface area contributed by atoms with Gasteiger partial charge in [0.1, 0.15) is 11.6 Å². The van der Waals surface area contributed by atoms with Gasteiger partial charge < -0.3 is 9.72 Å². The number of ether oxygens (including phenoxy) is 1. The molecule has 6 nitrogen and oxygen atoms in total. The molecule has 0 amide bonds. The number of carbonyl (C=O) groups excluding carboxylic acids is 2. The van der Waals surface area contributed by atoms with Crippen molar-refractivity contribution in [3.05, 3.63) is 68.1 Å². The Kier molecular flexibility index (Phi) is 6.89. The minimum absolute atomic E-state index is 0.0466. The summed E-state index contributed by atoms with van der Waals surface area (Å²) in [4.78, 5) is 39.0. The summed E-state index contributed by atoms with van der Waals surface area (Å²) in [6, 6.07) is 9.13. The molecule has 2 rings (SSSR count). The third-order valence-corrected chi connectivity index (χ3v) is 4.82.